The molecule has 0 bridgehead atoms. The van der Waals surface area contributed by atoms with Gasteiger partial charge in [0, 0.05) is 42.1 Å². The van der Waals surface area contributed by atoms with E-state index in [1.54, 1.807) is 23.0 Å². The number of carboxylic acid groups (broad SMARTS) is 1. The molecule has 0 aromatic carbocycles. The van der Waals surface area contributed by atoms with Crippen LogP contribution in [0.15, 0.2) is 36.8 Å². The molecule has 1 atom stereocenters. The van der Waals surface area contributed by atoms with E-state index in [0.29, 0.717) is 17.2 Å². The Hall–Kier alpha value is -3.73. The highest BCUT2D eigenvalue weighted by atomic mass is 19.1. The van der Waals surface area contributed by atoms with Gasteiger partial charge in [0.1, 0.15) is 17.6 Å². The predicted octanol–water partition coefficient (Wildman–Crippen LogP) is 3.97. The zero-order valence-electron chi connectivity index (χ0n) is 22.0. The zero-order chi connectivity index (χ0) is 27.5. The fraction of sp³-hybridized carbons (Fsp3) is 0.462. The van der Waals surface area contributed by atoms with Gasteiger partial charge in [-0.05, 0) is 59.2 Å². The van der Waals surface area contributed by atoms with Gasteiger partial charge in [-0.3, -0.25) is 9.36 Å². The Kier molecular flexibility index (Phi) is 8.37. The van der Waals surface area contributed by atoms with Crippen molar-refractivity contribution in [3.05, 3.63) is 47.9 Å². The number of alkyl halides is 1. The van der Waals surface area contributed by atoms with Crippen molar-refractivity contribution in [1.82, 2.24) is 24.8 Å². The number of nitrogens with zero attached hydrogens (tertiary/aromatic N) is 4. The number of pyridine rings is 2. The first kappa shape index (κ1) is 27.9. The van der Waals surface area contributed by atoms with Crippen LogP contribution in [0.1, 0.15) is 57.5 Å². The monoisotopic (exact) mass is 514 g/mol. The minimum absolute atomic E-state index is 0.00678. The highest BCUT2D eigenvalue weighted by Crippen LogP contribution is 2.24. The Bertz CT molecular complexity index is 1270. The molecular weight excluding hydrogens is 479 g/mol. The number of hydrogen-bond donors (Lipinski definition) is 4. The fourth-order valence-electron chi connectivity index (χ4n) is 3.72. The van der Waals surface area contributed by atoms with Gasteiger partial charge in [-0.2, -0.15) is 0 Å². The number of carbonyl (C=O) groups is 2. The number of anilines is 1. The Balaban J connectivity index is 1.90. The van der Waals surface area contributed by atoms with E-state index in [4.69, 9.17) is 0 Å². The molecule has 0 saturated heterocycles. The Morgan fingerprint density at radius 1 is 1.16 bits per heavy atom. The average molecular weight is 515 g/mol. The first-order valence-corrected chi connectivity index (χ1v) is 12.1. The van der Waals surface area contributed by atoms with E-state index in [9.17, 15) is 24.2 Å². The smallest absolute Gasteiger partial charge is 0.407 e. The topological polar surface area (TPSA) is 133 Å². The summed E-state index contributed by atoms with van der Waals surface area (Å²) in [6.45, 7) is 10.1. The number of hydrogen-bond acceptors (Lipinski definition) is 6. The summed E-state index contributed by atoms with van der Waals surface area (Å²) in [5, 5.41) is 25.8. The maximum absolute atomic E-state index is 14.1. The summed E-state index contributed by atoms with van der Waals surface area (Å²) in [6.07, 6.45) is 2.24. The first-order chi connectivity index (χ1) is 17.3. The maximum atomic E-state index is 14.1. The fourth-order valence-corrected chi connectivity index (χ4v) is 3.72. The van der Waals surface area contributed by atoms with Gasteiger partial charge in [0.15, 0.2) is 0 Å². The van der Waals surface area contributed by atoms with Gasteiger partial charge in [0.05, 0.1) is 29.9 Å². The van der Waals surface area contributed by atoms with Crippen LogP contribution in [-0.4, -0.2) is 72.0 Å². The van der Waals surface area contributed by atoms with E-state index < -0.39 is 23.8 Å². The highest BCUT2D eigenvalue weighted by Gasteiger charge is 2.27. The molecule has 0 aliphatic carbocycles. The average Bonchev–Trinajstić information content (AvgIpc) is 3.22. The van der Waals surface area contributed by atoms with Crippen LogP contribution in [-0.2, 0) is 6.54 Å². The van der Waals surface area contributed by atoms with Gasteiger partial charge in [0.25, 0.3) is 5.91 Å². The summed E-state index contributed by atoms with van der Waals surface area (Å²) in [6, 6.07) is 5.31. The molecule has 0 saturated carbocycles. The number of rotatable bonds is 10. The third-order valence-electron chi connectivity index (χ3n) is 5.84. The van der Waals surface area contributed by atoms with Gasteiger partial charge in [-0.25, -0.2) is 19.2 Å². The number of nitrogens with one attached hydrogen (secondary N) is 2. The molecule has 0 unspecified atom stereocenters. The van der Waals surface area contributed by atoms with Gasteiger partial charge in [-0.15, -0.1) is 0 Å². The van der Waals surface area contributed by atoms with Crippen LogP contribution in [0.25, 0.3) is 16.9 Å². The quantitative estimate of drug-likeness (QED) is 0.322. The molecule has 3 aromatic heterocycles. The molecular formula is C26H35FN6O4. The third-order valence-corrected chi connectivity index (χ3v) is 5.84. The molecule has 200 valence electrons. The first-order valence-electron chi connectivity index (χ1n) is 12.1. The summed E-state index contributed by atoms with van der Waals surface area (Å²) in [5.74, 6) is 0.00604. The standard InChI is InChI=1S/C26H35FN6O4/c1-15(2)31-20-10-22(28-12-19(20)24(34)30-13-21(27)26(5,6)37)32-8-7-18-9-17(11-29-23(18)32)14-33(16(3)4)25(35)36/h7-12,15-16,21,37H,13-14H2,1-6H3,(H,28,31)(H,30,34)(H,35,36)/t21-/m1/s1. The summed E-state index contributed by atoms with van der Waals surface area (Å²) < 4.78 is 15.9. The van der Waals surface area contributed by atoms with E-state index in [1.807, 2.05) is 39.8 Å². The summed E-state index contributed by atoms with van der Waals surface area (Å²) in [7, 11) is 0. The highest BCUT2D eigenvalue weighted by molar-refractivity contribution is 5.99. The van der Waals surface area contributed by atoms with Gasteiger partial charge >= 0.3 is 6.09 Å². The van der Waals surface area contributed by atoms with Crippen LogP contribution < -0.4 is 10.6 Å². The summed E-state index contributed by atoms with van der Waals surface area (Å²) >= 11 is 0. The van der Waals surface area contributed by atoms with Crippen molar-refractivity contribution in [2.45, 2.75) is 71.9 Å². The molecule has 0 radical (unpaired) electrons. The number of halogens is 1. The molecule has 2 amide bonds. The second kappa shape index (κ2) is 11.1. The van der Waals surface area contributed by atoms with E-state index in [1.165, 1.54) is 24.9 Å². The largest absolute Gasteiger partial charge is 0.465 e. The lowest BCUT2D eigenvalue weighted by Gasteiger charge is -2.23. The number of amides is 2. The molecule has 0 spiro atoms. The second-order valence-electron chi connectivity index (χ2n) is 10.2. The van der Waals surface area contributed by atoms with Crippen LogP contribution in [0, 0.1) is 0 Å². The maximum Gasteiger partial charge on any atom is 0.407 e. The number of aromatic nitrogens is 3. The van der Waals surface area contributed by atoms with Crippen LogP contribution in [0.3, 0.4) is 0 Å². The Morgan fingerprint density at radius 3 is 2.46 bits per heavy atom. The van der Waals surface area contributed by atoms with Crippen LogP contribution in [0.5, 0.6) is 0 Å². The van der Waals surface area contributed by atoms with Gasteiger partial charge < -0.3 is 25.7 Å². The minimum atomic E-state index is -1.63. The molecule has 11 heteroatoms. The van der Waals surface area contributed by atoms with Crippen molar-refractivity contribution in [2.24, 2.45) is 0 Å². The molecule has 10 nitrogen and oxygen atoms in total. The molecule has 37 heavy (non-hydrogen) atoms. The lowest BCUT2D eigenvalue weighted by molar-refractivity contribution is -0.00177. The molecule has 4 N–H and O–H groups in total. The number of fused-ring (bicyclic) bond motifs is 1. The van der Waals surface area contributed by atoms with Crippen molar-refractivity contribution in [2.75, 3.05) is 11.9 Å². The Morgan fingerprint density at radius 2 is 1.86 bits per heavy atom. The van der Waals surface area contributed by atoms with E-state index in [2.05, 4.69) is 20.6 Å². The Labute approximate surface area is 215 Å². The van der Waals surface area contributed by atoms with Gasteiger partial charge in [-0.1, -0.05) is 0 Å². The molecule has 0 aliphatic heterocycles. The van der Waals surface area contributed by atoms with Crippen LogP contribution in [0.2, 0.25) is 0 Å². The second-order valence-corrected chi connectivity index (χ2v) is 10.2. The van der Waals surface area contributed by atoms with Crippen molar-refractivity contribution in [3.63, 3.8) is 0 Å². The predicted molar refractivity (Wildman–Crippen MR) is 140 cm³/mol. The van der Waals surface area contributed by atoms with E-state index >= 15 is 0 Å². The SMILES string of the molecule is CC(C)Nc1cc(-n2ccc3cc(CN(C(=O)O)C(C)C)cnc32)ncc1C(=O)NC[C@@H](F)C(C)(C)O. The summed E-state index contributed by atoms with van der Waals surface area (Å²) in [5.41, 5.74) is 0.581. The van der Waals surface area contributed by atoms with Crippen molar-refractivity contribution < 1.29 is 24.2 Å². The number of aliphatic hydroxyl groups is 1. The molecule has 3 heterocycles. The molecule has 3 aromatic rings. The summed E-state index contributed by atoms with van der Waals surface area (Å²) in [4.78, 5) is 34.7. The zero-order valence-corrected chi connectivity index (χ0v) is 22.0. The minimum Gasteiger partial charge on any atom is -0.465 e. The lowest BCUT2D eigenvalue weighted by Crippen LogP contribution is -2.42. The van der Waals surface area contributed by atoms with E-state index in [0.717, 1.165) is 10.9 Å². The molecule has 3 rings (SSSR count). The third kappa shape index (κ3) is 6.73. The van der Waals surface area contributed by atoms with Crippen molar-refractivity contribution in [3.8, 4) is 5.82 Å². The normalized spacial score (nSPS) is 12.7. The van der Waals surface area contributed by atoms with Crippen LogP contribution >= 0.6 is 0 Å². The van der Waals surface area contributed by atoms with E-state index in [-0.39, 0.29) is 30.7 Å². The van der Waals surface area contributed by atoms with Crippen molar-refractivity contribution >= 4 is 28.7 Å². The molecule has 0 aliphatic rings. The van der Waals surface area contributed by atoms with Crippen molar-refractivity contribution in [1.29, 1.82) is 0 Å². The van der Waals surface area contributed by atoms with Gasteiger partial charge in [0.2, 0.25) is 0 Å². The molecule has 0 fully saturated rings. The number of carbonyl (C=O) groups excluding carboxylic acids is 1. The lowest BCUT2D eigenvalue weighted by atomic mass is 10.0. The van der Waals surface area contributed by atoms with Crippen LogP contribution in [0.4, 0.5) is 14.9 Å².